The Labute approximate surface area is 108 Å². The fourth-order valence-electron chi connectivity index (χ4n) is 3.81. The van der Waals surface area contributed by atoms with Gasteiger partial charge in [0.2, 0.25) is 0 Å². The van der Waals surface area contributed by atoms with Gasteiger partial charge in [-0.25, -0.2) is 0 Å². The zero-order valence-electron chi connectivity index (χ0n) is 10.8. The molecule has 18 heavy (non-hydrogen) atoms. The van der Waals surface area contributed by atoms with Crippen LogP contribution in [0, 0.1) is 0 Å². The van der Waals surface area contributed by atoms with Crippen molar-refractivity contribution < 1.29 is 9.94 Å². The molecular weight excluding hydrogens is 230 g/mol. The Kier molecular flexibility index (Phi) is 3.20. The number of oxime groups is 1. The number of ether oxygens (including phenoxy) is 1. The number of rotatable bonds is 2. The van der Waals surface area contributed by atoms with Crippen LogP contribution in [0.25, 0.3) is 0 Å². The fraction of sp³-hybridized carbons (Fsp3) is 0.923. The summed E-state index contributed by atoms with van der Waals surface area (Å²) in [6, 6.07) is 0.682. The molecule has 1 spiro atoms. The van der Waals surface area contributed by atoms with E-state index in [0.29, 0.717) is 11.9 Å². The molecule has 3 aliphatic rings. The molecule has 3 fully saturated rings. The molecule has 102 valence electrons. The van der Waals surface area contributed by atoms with Crippen LogP contribution >= 0.6 is 0 Å². The van der Waals surface area contributed by atoms with Crippen molar-refractivity contribution in [3.63, 3.8) is 0 Å². The van der Waals surface area contributed by atoms with E-state index in [1.165, 1.54) is 19.3 Å². The van der Waals surface area contributed by atoms with E-state index in [1.807, 2.05) is 0 Å². The summed E-state index contributed by atoms with van der Waals surface area (Å²) in [7, 11) is 0. The van der Waals surface area contributed by atoms with Crippen molar-refractivity contribution in [3.8, 4) is 0 Å². The molecule has 3 N–H and O–H groups in total. The number of hydrogen-bond donors (Lipinski definition) is 2. The minimum Gasteiger partial charge on any atom is -0.409 e. The molecule has 2 atom stereocenters. The normalized spacial score (nSPS) is 36.8. The lowest BCUT2D eigenvalue weighted by molar-refractivity contribution is -0.148. The van der Waals surface area contributed by atoms with Gasteiger partial charge in [-0.1, -0.05) is 5.16 Å². The summed E-state index contributed by atoms with van der Waals surface area (Å²) < 4.78 is 5.98. The summed E-state index contributed by atoms with van der Waals surface area (Å²) in [6.45, 7) is 1.94. The van der Waals surface area contributed by atoms with E-state index >= 15 is 0 Å². The van der Waals surface area contributed by atoms with Gasteiger partial charge in [-0.05, 0) is 51.5 Å². The van der Waals surface area contributed by atoms with Gasteiger partial charge in [0.15, 0.2) is 5.84 Å². The third-order valence-electron chi connectivity index (χ3n) is 4.95. The highest BCUT2D eigenvalue weighted by Crippen LogP contribution is 2.44. The third-order valence-corrected chi connectivity index (χ3v) is 4.95. The Bertz CT molecular complexity index is 341. The molecule has 5 heteroatoms. The molecule has 0 aromatic rings. The summed E-state index contributed by atoms with van der Waals surface area (Å²) in [5.74, 6) is 0.377. The lowest BCUT2D eigenvalue weighted by Gasteiger charge is -2.49. The fourth-order valence-corrected chi connectivity index (χ4v) is 3.81. The molecule has 5 nitrogen and oxygen atoms in total. The van der Waals surface area contributed by atoms with Crippen LogP contribution in [-0.4, -0.2) is 46.8 Å². The Hall–Kier alpha value is -0.810. The second kappa shape index (κ2) is 4.70. The van der Waals surface area contributed by atoms with Gasteiger partial charge in [0.05, 0.1) is 11.6 Å². The summed E-state index contributed by atoms with van der Waals surface area (Å²) in [6.07, 6.45) is 8.10. The molecule has 0 radical (unpaired) electrons. The zero-order chi connectivity index (χ0) is 12.6. The van der Waals surface area contributed by atoms with Crippen molar-refractivity contribution in [2.75, 3.05) is 13.2 Å². The van der Waals surface area contributed by atoms with Crippen LogP contribution in [0.1, 0.15) is 44.9 Å². The first-order valence-electron chi connectivity index (χ1n) is 7.11. The number of nitrogens with two attached hydrogens (primary N) is 1. The third kappa shape index (κ3) is 1.99. The predicted molar refractivity (Wildman–Crippen MR) is 68.7 cm³/mol. The van der Waals surface area contributed by atoms with Crippen LogP contribution in [0.5, 0.6) is 0 Å². The summed E-state index contributed by atoms with van der Waals surface area (Å²) in [4.78, 5) is 2.44. The molecule has 2 heterocycles. The van der Waals surface area contributed by atoms with E-state index in [2.05, 4.69) is 10.1 Å². The summed E-state index contributed by atoms with van der Waals surface area (Å²) in [5.41, 5.74) is 5.98. The molecule has 3 rings (SSSR count). The predicted octanol–water partition coefficient (Wildman–Crippen LogP) is 1.30. The van der Waals surface area contributed by atoms with E-state index in [4.69, 9.17) is 15.7 Å². The molecule has 2 saturated heterocycles. The maximum atomic E-state index is 8.88. The van der Waals surface area contributed by atoms with Crippen molar-refractivity contribution in [3.05, 3.63) is 0 Å². The first-order valence-corrected chi connectivity index (χ1v) is 7.11. The minimum absolute atomic E-state index is 0.134. The van der Waals surface area contributed by atoms with E-state index in [-0.39, 0.29) is 11.6 Å². The van der Waals surface area contributed by atoms with Gasteiger partial charge in [0.1, 0.15) is 0 Å². The first-order chi connectivity index (χ1) is 8.74. The minimum atomic E-state index is 0.134. The Morgan fingerprint density at radius 1 is 1.33 bits per heavy atom. The number of likely N-dealkylation sites (tertiary alicyclic amines) is 1. The summed E-state index contributed by atoms with van der Waals surface area (Å²) in [5, 5.41) is 12.1. The smallest absolute Gasteiger partial charge is 0.156 e. The molecular formula is C13H23N3O2. The van der Waals surface area contributed by atoms with E-state index < -0.39 is 0 Å². The second-order valence-corrected chi connectivity index (χ2v) is 5.95. The topological polar surface area (TPSA) is 71.1 Å². The van der Waals surface area contributed by atoms with Crippen molar-refractivity contribution >= 4 is 5.84 Å². The average molecular weight is 253 g/mol. The van der Waals surface area contributed by atoms with Crippen molar-refractivity contribution in [2.24, 2.45) is 10.9 Å². The highest BCUT2D eigenvalue weighted by atomic mass is 16.5. The maximum Gasteiger partial charge on any atom is 0.156 e. The van der Waals surface area contributed by atoms with Crippen molar-refractivity contribution in [2.45, 2.75) is 62.6 Å². The molecule has 2 unspecified atom stereocenters. The van der Waals surface area contributed by atoms with Gasteiger partial charge in [-0.2, -0.15) is 0 Å². The zero-order valence-corrected chi connectivity index (χ0v) is 10.8. The Morgan fingerprint density at radius 3 is 2.83 bits per heavy atom. The average Bonchev–Trinajstić information content (AvgIpc) is 2.85. The van der Waals surface area contributed by atoms with Gasteiger partial charge >= 0.3 is 0 Å². The van der Waals surface area contributed by atoms with Crippen LogP contribution in [0.3, 0.4) is 0 Å². The molecule has 0 bridgehead atoms. The number of hydrogen-bond acceptors (Lipinski definition) is 4. The highest BCUT2D eigenvalue weighted by Gasteiger charge is 2.45. The van der Waals surface area contributed by atoms with Gasteiger partial charge in [-0.3, -0.25) is 4.90 Å². The van der Waals surface area contributed by atoms with Crippen molar-refractivity contribution in [1.82, 2.24) is 4.90 Å². The van der Waals surface area contributed by atoms with Crippen molar-refractivity contribution in [1.29, 1.82) is 0 Å². The first kappa shape index (κ1) is 12.2. The molecule has 0 aromatic heterocycles. The quantitative estimate of drug-likeness (QED) is 0.337. The van der Waals surface area contributed by atoms with Crippen LogP contribution in [-0.2, 0) is 4.74 Å². The Balaban J connectivity index is 1.69. The lowest BCUT2D eigenvalue weighted by Crippen LogP contribution is -2.54. The molecule has 0 amide bonds. The van der Waals surface area contributed by atoms with Gasteiger partial charge in [-0.15, -0.1) is 0 Å². The summed E-state index contributed by atoms with van der Waals surface area (Å²) >= 11 is 0. The lowest BCUT2D eigenvalue weighted by atomic mass is 9.73. The van der Waals surface area contributed by atoms with Crippen LogP contribution in [0.15, 0.2) is 5.16 Å². The van der Waals surface area contributed by atoms with E-state index in [0.717, 1.165) is 38.8 Å². The van der Waals surface area contributed by atoms with E-state index in [1.54, 1.807) is 0 Å². The second-order valence-electron chi connectivity index (χ2n) is 5.95. The molecule has 2 aliphatic heterocycles. The SMILES string of the molecule is NC(=NO)C1CCCN1C1CCOC2(CCC2)C1. The van der Waals surface area contributed by atoms with E-state index in [9.17, 15) is 0 Å². The monoisotopic (exact) mass is 253 g/mol. The molecule has 1 saturated carbocycles. The van der Waals surface area contributed by atoms with Crippen LogP contribution in [0.2, 0.25) is 0 Å². The van der Waals surface area contributed by atoms with Gasteiger partial charge < -0.3 is 15.7 Å². The Morgan fingerprint density at radius 2 is 2.17 bits per heavy atom. The van der Waals surface area contributed by atoms with Gasteiger partial charge in [0, 0.05) is 12.6 Å². The van der Waals surface area contributed by atoms with Crippen LogP contribution in [0.4, 0.5) is 0 Å². The van der Waals surface area contributed by atoms with Gasteiger partial charge in [0.25, 0.3) is 0 Å². The molecule has 1 aliphatic carbocycles. The number of nitrogens with zero attached hydrogens (tertiary/aromatic N) is 2. The number of amidine groups is 1. The largest absolute Gasteiger partial charge is 0.409 e. The highest BCUT2D eigenvalue weighted by molar-refractivity contribution is 5.85. The maximum absolute atomic E-state index is 8.88. The standard InChI is InChI=1S/C13H23N3O2/c14-12(15-17)11-3-1-7-16(11)10-4-8-18-13(9-10)5-2-6-13/h10-11,17H,1-9H2,(H2,14,15). The van der Waals surface area contributed by atoms with Crippen LogP contribution < -0.4 is 5.73 Å². The molecule has 0 aromatic carbocycles.